The topological polar surface area (TPSA) is 15.3 Å². The van der Waals surface area contributed by atoms with Gasteiger partial charge in [0.25, 0.3) is 0 Å². The average molecular weight is 224 g/mol. The van der Waals surface area contributed by atoms with Crippen LogP contribution in [0.1, 0.15) is 40.5 Å². The normalized spacial score (nSPS) is 17.1. The van der Waals surface area contributed by atoms with Gasteiger partial charge >= 0.3 is 0 Å². The van der Waals surface area contributed by atoms with Gasteiger partial charge in [0, 0.05) is 31.7 Å². The highest BCUT2D eigenvalue weighted by Crippen LogP contribution is 2.23. The lowest BCUT2D eigenvalue weighted by Gasteiger charge is -2.35. The molecule has 0 aromatic heterocycles. The molecule has 0 heterocycles. The van der Waals surface area contributed by atoms with Crippen molar-refractivity contribution in [3.63, 3.8) is 0 Å². The minimum atomic E-state index is 0.343. The van der Waals surface area contributed by atoms with Crippen LogP contribution in [0, 0.1) is 5.41 Å². The highest BCUT2D eigenvalue weighted by atomic mass is 15.2. The van der Waals surface area contributed by atoms with E-state index in [0.717, 1.165) is 25.7 Å². The van der Waals surface area contributed by atoms with Gasteiger partial charge in [-0.05, 0) is 32.1 Å². The molecule has 94 valence electrons. The summed E-state index contributed by atoms with van der Waals surface area (Å²) in [4.78, 5) is 2.49. The molecule has 1 N–H and O–H groups in total. The number of rotatable bonds is 8. The fraction of sp³-hybridized carbons (Fsp3) is 0.857. The first-order valence-electron chi connectivity index (χ1n) is 6.53. The van der Waals surface area contributed by atoms with Crippen molar-refractivity contribution in [2.24, 2.45) is 5.41 Å². The lowest BCUT2D eigenvalue weighted by Crippen LogP contribution is -2.43. The van der Waals surface area contributed by atoms with Crippen molar-refractivity contribution in [1.82, 2.24) is 10.2 Å². The summed E-state index contributed by atoms with van der Waals surface area (Å²) in [5.74, 6) is 0. The maximum atomic E-state index is 3.84. The van der Waals surface area contributed by atoms with Gasteiger partial charge in [-0.25, -0.2) is 0 Å². The molecule has 0 atom stereocenters. The first kappa shape index (κ1) is 13.7. The largest absolute Gasteiger partial charge is 0.313 e. The monoisotopic (exact) mass is 224 g/mol. The minimum absolute atomic E-state index is 0.343. The van der Waals surface area contributed by atoms with Crippen molar-refractivity contribution < 1.29 is 0 Å². The predicted molar refractivity (Wildman–Crippen MR) is 71.7 cm³/mol. The molecule has 1 saturated carbocycles. The smallest absolute Gasteiger partial charge is 0.0163 e. The van der Waals surface area contributed by atoms with Gasteiger partial charge in [-0.3, -0.25) is 4.90 Å². The van der Waals surface area contributed by atoms with Gasteiger partial charge in [0.05, 0.1) is 0 Å². The molecule has 0 amide bonds. The van der Waals surface area contributed by atoms with Gasteiger partial charge in [0.15, 0.2) is 0 Å². The van der Waals surface area contributed by atoms with Gasteiger partial charge < -0.3 is 5.32 Å². The fourth-order valence-electron chi connectivity index (χ4n) is 1.94. The van der Waals surface area contributed by atoms with Crippen molar-refractivity contribution in [3.05, 3.63) is 12.7 Å². The molecular formula is C14H28N2. The molecular weight excluding hydrogens is 196 g/mol. The maximum absolute atomic E-state index is 3.84. The molecule has 2 nitrogen and oxygen atoms in total. The minimum Gasteiger partial charge on any atom is -0.313 e. The van der Waals surface area contributed by atoms with E-state index in [1.807, 2.05) is 6.08 Å². The third-order valence-electron chi connectivity index (χ3n) is 3.17. The standard InChI is InChI=1S/C14H28N2/c1-6-9-16(12(2)3)11-14(4,5)10-15-13-7-8-13/h6,12-13,15H,1,7-11H2,2-5H3. The van der Waals surface area contributed by atoms with E-state index in [-0.39, 0.29) is 0 Å². The van der Waals surface area contributed by atoms with Gasteiger partial charge in [-0.1, -0.05) is 19.9 Å². The van der Waals surface area contributed by atoms with E-state index in [4.69, 9.17) is 0 Å². The highest BCUT2D eigenvalue weighted by molar-refractivity contribution is 4.87. The summed E-state index contributed by atoms with van der Waals surface area (Å²) in [6.07, 6.45) is 4.75. The van der Waals surface area contributed by atoms with Crippen LogP contribution in [0.25, 0.3) is 0 Å². The summed E-state index contributed by atoms with van der Waals surface area (Å²) in [6, 6.07) is 1.41. The molecule has 0 aromatic rings. The van der Waals surface area contributed by atoms with Crippen LogP contribution in [0.15, 0.2) is 12.7 Å². The Kier molecular flexibility index (Phi) is 5.00. The van der Waals surface area contributed by atoms with Crippen molar-refractivity contribution in [2.75, 3.05) is 19.6 Å². The number of nitrogens with zero attached hydrogens (tertiary/aromatic N) is 1. The fourth-order valence-corrected chi connectivity index (χ4v) is 1.94. The third-order valence-corrected chi connectivity index (χ3v) is 3.17. The average Bonchev–Trinajstić information content (AvgIpc) is 2.97. The molecule has 1 rings (SSSR count). The van der Waals surface area contributed by atoms with Crippen LogP contribution < -0.4 is 5.32 Å². The lowest BCUT2D eigenvalue weighted by atomic mass is 9.92. The Hall–Kier alpha value is -0.340. The first-order valence-corrected chi connectivity index (χ1v) is 6.53. The Morgan fingerprint density at radius 1 is 1.44 bits per heavy atom. The predicted octanol–water partition coefficient (Wildman–Crippen LogP) is 2.66. The second-order valence-corrected chi connectivity index (χ2v) is 6.13. The Labute approximate surface area is 101 Å². The molecule has 0 spiro atoms. The summed E-state index contributed by atoms with van der Waals surface area (Å²) in [7, 11) is 0. The SMILES string of the molecule is C=CCN(CC(C)(C)CNC1CC1)C(C)C. The Morgan fingerprint density at radius 2 is 2.06 bits per heavy atom. The molecule has 0 bridgehead atoms. The molecule has 1 aliphatic carbocycles. The van der Waals surface area contributed by atoms with Crippen LogP contribution >= 0.6 is 0 Å². The van der Waals surface area contributed by atoms with Crippen LogP contribution in [-0.2, 0) is 0 Å². The van der Waals surface area contributed by atoms with Gasteiger partial charge in [-0.15, -0.1) is 6.58 Å². The maximum Gasteiger partial charge on any atom is 0.0163 e. The van der Waals surface area contributed by atoms with E-state index in [2.05, 4.69) is 44.5 Å². The van der Waals surface area contributed by atoms with Gasteiger partial charge in [-0.2, -0.15) is 0 Å². The molecule has 0 radical (unpaired) electrons. The zero-order chi connectivity index (χ0) is 12.2. The summed E-state index contributed by atoms with van der Waals surface area (Å²) in [5, 5.41) is 3.63. The third kappa shape index (κ3) is 5.13. The summed E-state index contributed by atoms with van der Waals surface area (Å²) in [5.41, 5.74) is 0.343. The zero-order valence-electron chi connectivity index (χ0n) is 11.4. The second-order valence-electron chi connectivity index (χ2n) is 6.13. The number of hydrogen-bond acceptors (Lipinski definition) is 2. The Balaban J connectivity index is 2.36. The molecule has 0 saturated heterocycles. The van der Waals surface area contributed by atoms with Crippen LogP contribution in [0.5, 0.6) is 0 Å². The quantitative estimate of drug-likeness (QED) is 0.638. The van der Waals surface area contributed by atoms with E-state index in [0.29, 0.717) is 11.5 Å². The lowest BCUT2D eigenvalue weighted by molar-refractivity contribution is 0.156. The van der Waals surface area contributed by atoms with E-state index >= 15 is 0 Å². The summed E-state index contributed by atoms with van der Waals surface area (Å²) >= 11 is 0. The first-order chi connectivity index (χ1) is 7.44. The molecule has 0 aliphatic heterocycles. The van der Waals surface area contributed by atoms with Crippen molar-refractivity contribution >= 4 is 0 Å². The molecule has 0 aromatic carbocycles. The molecule has 0 unspecified atom stereocenters. The van der Waals surface area contributed by atoms with Crippen molar-refractivity contribution in [2.45, 2.75) is 52.6 Å². The van der Waals surface area contributed by atoms with Crippen LogP contribution in [0.4, 0.5) is 0 Å². The molecule has 2 heteroatoms. The van der Waals surface area contributed by atoms with Gasteiger partial charge in [0.2, 0.25) is 0 Å². The second kappa shape index (κ2) is 5.83. The van der Waals surface area contributed by atoms with Gasteiger partial charge in [0.1, 0.15) is 0 Å². The van der Waals surface area contributed by atoms with Crippen molar-refractivity contribution in [3.8, 4) is 0 Å². The van der Waals surface area contributed by atoms with Crippen molar-refractivity contribution in [1.29, 1.82) is 0 Å². The van der Waals surface area contributed by atoms with E-state index in [1.54, 1.807) is 0 Å². The summed E-state index contributed by atoms with van der Waals surface area (Å²) in [6.45, 7) is 16.3. The number of hydrogen-bond donors (Lipinski definition) is 1. The van der Waals surface area contributed by atoms with E-state index in [1.165, 1.54) is 12.8 Å². The highest BCUT2D eigenvalue weighted by Gasteiger charge is 2.27. The molecule has 16 heavy (non-hydrogen) atoms. The van der Waals surface area contributed by atoms with Crippen LogP contribution in [0.2, 0.25) is 0 Å². The van der Waals surface area contributed by atoms with E-state index < -0.39 is 0 Å². The summed E-state index contributed by atoms with van der Waals surface area (Å²) < 4.78 is 0. The Morgan fingerprint density at radius 3 is 2.50 bits per heavy atom. The van der Waals surface area contributed by atoms with Crippen LogP contribution in [-0.4, -0.2) is 36.6 Å². The van der Waals surface area contributed by atoms with Crippen LogP contribution in [0.3, 0.4) is 0 Å². The molecule has 1 fully saturated rings. The molecule has 1 aliphatic rings. The van der Waals surface area contributed by atoms with E-state index in [9.17, 15) is 0 Å². The number of nitrogens with one attached hydrogen (secondary N) is 1. The zero-order valence-corrected chi connectivity index (χ0v) is 11.4. The Bertz CT molecular complexity index is 217.